The van der Waals surface area contributed by atoms with Gasteiger partial charge in [0.15, 0.2) is 16.5 Å². The Bertz CT molecular complexity index is 1210. The van der Waals surface area contributed by atoms with E-state index in [1.807, 2.05) is 39.8 Å². The van der Waals surface area contributed by atoms with Crippen molar-refractivity contribution in [3.63, 3.8) is 0 Å². The van der Waals surface area contributed by atoms with Gasteiger partial charge in [-0.15, -0.1) is 0 Å². The smallest absolute Gasteiger partial charge is 0.326 e. The molecule has 1 aromatic carbocycles. The van der Waals surface area contributed by atoms with Crippen LogP contribution in [-0.4, -0.2) is 55.1 Å². The molecule has 2 aromatic heterocycles. The molecule has 168 valence electrons. The number of nitrogens with zero attached hydrogens (tertiary/aromatic N) is 4. The van der Waals surface area contributed by atoms with Crippen molar-refractivity contribution in [1.82, 2.24) is 19.7 Å². The van der Waals surface area contributed by atoms with E-state index in [-0.39, 0.29) is 11.6 Å². The van der Waals surface area contributed by atoms with Gasteiger partial charge in [0.1, 0.15) is 10.7 Å². The molecule has 0 aliphatic carbocycles. The first kappa shape index (κ1) is 21.9. The zero-order valence-corrected chi connectivity index (χ0v) is 19.2. The van der Waals surface area contributed by atoms with E-state index in [2.05, 4.69) is 15.4 Å². The maximum Gasteiger partial charge on any atom is 0.326 e. The van der Waals surface area contributed by atoms with Gasteiger partial charge in [0.25, 0.3) is 11.8 Å². The molecule has 0 bridgehead atoms. The highest BCUT2D eigenvalue weighted by molar-refractivity contribution is 7.22. The third-order valence-corrected chi connectivity index (χ3v) is 6.36. The zero-order chi connectivity index (χ0) is 23.2. The summed E-state index contributed by atoms with van der Waals surface area (Å²) in [6.07, 6.45) is 1.05. The number of nitrogens with one attached hydrogen (secondary N) is 1. The fourth-order valence-corrected chi connectivity index (χ4v) is 4.66. The van der Waals surface area contributed by atoms with Crippen LogP contribution in [0.4, 0.5) is 5.13 Å². The van der Waals surface area contributed by atoms with Crippen molar-refractivity contribution in [3.05, 3.63) is 41.1 Å². The number of aliphatic carboxylic acids is 1. The predicted molar refractivity (Wildman–Crippen MR) is 121 cm³/mol. The number of likely N-dealkylation sites (tertiary alicyclic amines) is 1. The molecule has 0 saturated carbocycles. The maximum absolute atomic E-state index is 13.3. The number of carbonyl (C=O) groups excluding carboxylic acids is 2. The maximum atomic E-state index is 13.3. The van der Waals surface area contributed by atoms with E-state index in [9.17, 15) is 19.5 Å². The highest BCUT2D eigenvalue weighted by atomic mass is 32.1. The summed E-state index contributed by atoms with van der Waals surface area (Å²) < 4.78 is 2.18. The first-order valence-corrected chi connectivity index (χ1v) is 11.2. The third-order valence-electron chi connectivity index (χ3n) is 5.40. The van der Waals surface area contributed by atoms with Crippen molar-refractivity contribution < 1.29 is 19.5 Å². The van der Waals surface area contributed by atoms with Crippen LogP contribution in [-0.2, 0) is 10.3 Å². The largest absolute Gasteiger partial charge is 0.480 e. The van der Waals surface area contributed by atoms with Crippen LogP contribution in [0.15, 0.2) is 24.3 Å². The van der Waals surface area contributed by atoms with Gasteiger partial charge in [-0.2, -0.15) is 10.1 Å². The second-order valence-electron chi connectivity index (χ2n) is 8.92. The number of aryl methyl sites for hydroxylation is 1. The Labute approximate surface area is 189 Å². The number of carboxylic acid groups (broad SMARTS) is 1. The lowest BCUT2D eigenvalue weighted by Gasteiger charge is -2.21. The number of fused-ring (bicyclic) bond motifs is 1. The van der Waals surface area contributed by atoms with Crippen LogP contribution >= 0.6 is 11.3 Å². The number of hydrogen-bond acceptors (Lipinski definition) is 6. The van der Waals surface area contributed by atoms with Crippen LogP contribution < -0.4 is 5.32 Å². The molecule has 1 aliphatic rings. The summed E-state index contributed by atoms with van der Waals surface area (Å²) >= 11 is 1.16. The molecule has 1 atom stereocenters. The van der Waals surface area contributed by atoms with Gasteiger partial charge in [-0.05, 0) is 52.7 Å². The highest BCUT2D eigenvalue weighted by Gasteiger charge is 2.37. The molecule has 2 N–H and O–H groups in total. The SMILES string of the molecule is Cc1ccc(C(=O)Nc2nc3c(s2)c(C(=O)N2CCC[C@H]2C(=O)O)nn3C(C)(C)C)cc1. The monoisotopic (exact) mass is 455 g/mol. The van der Waals surface area contributed by atoms with Gasteiger partial charge in [-0.25, -0.2) is 9.48 Å². The van der Waals surface area contributed by atoms with Crippen molar-refractivity contribution in [2.24, 2.45) is 0 Å². The van der Waals surface area contributed by atoms with E-state index < -0.39 is 23.5 Å². The summed E-state index contributed by atoms with van der Waals surface area (Å²) in [6, 6.07) is 6.34. The van der Waals surface area contributed by atoms with Crippen LogP contribution in [0, 0.1) is 6.92 Å². The summed E-state index contributed by atoms with van der Waals surface area (Å²) in [4.78, 5) is 43.4. The number of hydrogen-bond donors (Lipinski definition) is 2. The Morgan fingerprint density at radius 2 is 1.88 bits per heavy atom. The average Bonchev–Trinajstić information content (AvgIpc) is 3.42. The van der Waals surface area contributed by atoms with Gasteiger partial charge in [0, 0.05) is 12.1 Å². The van der Waals surface area contributed by atoms with Gasteiger partial charge in [0.2, 0.25) is 0 Å². The van der Waals surface area contributed by atoms with Crippen LogP contribution in [0.2, 0.25) is 0 Å². The minimum atomic E-state index is -1.02. The van der Waals surface area contributed by atoms with Crippen LogP contribution in [0.3, 0.4) is 0 Å². The molecular weight excluding hydrogens is 430 g/mol. The highest BCUT2D eigenvalue weighted by Crippen LogP contribution is 2.34. The van der Waals surface area contributed by atoms with Crippen molar-refractivity contribution in [1.29, 1.82) is 0 Å². The zero-order valence-electron chi connectivity index (χ0n) is 18.4. The topological polar surface area (TPSA) is 117 Å². The molecule has 3 aromatic rings. The average molecular weight is 456 g/mol. The Balaban J connectivity index is 1.72. The fourth-order valence-electron chi connectivity index (χ4n) is 3.74. The Hall–Kier alpha value is -3.27. The first-order valence-electron chi connectivity index (χ1n) is 10.4. The van der Waals surface area contributed by atoms with Crippen molar-refractivity contribution >= 4 is 44.6 Å². The van der Waals surface area contributed by atoms with Crippen LogP contribution in [0.1, 0.15) is 60.0 Å². The van der Waals surface area contributed by atoms with E-state index >= 15 is 0 Å². The van der Waals surface area contributed by atoms with Gasteiger partial charge in [0.05, 0.1) is 5.54 Å². The van der Waals surface area contributed by atoms with Gasteiger partial charge in [-0.3, -0.25) is 14.9 Å². The summed E-state index contributed by atoms with van der Waals surface area (Å²) in [6.45, 7) is 8.13. The molecule has 0 unspecified atom stereocenters. The van der Waals surface area contributed by atoms with Crippen molar-refractivity contribution in [2.45, 2.75) is 52.1 Å². The van der Waals surface area contributed by atoms with Crippen molar-refractivity contribution in [2.75, 3.05) is 11.9 Å². The lowest BCUT2D eigenvalue weighted by molar-refractivity contribution is -0.141. The summed E-state index contributed by atoms with van der Waals surface area (Å²) in [7, 11) is 0. The quantitative estimate of drug-likeness (QED) is 0.622. The van der Waals surface area contributed by atoms with Crippen LogP contribution in [0.5, 0.6) is 0 Å². The number of carboxylic acids is 1. The number of carbonyl (C=O) groups is 3. The Kier molecular flexibility index (Phi) is 5.49. The lowest BCUT2D eigenvalue weighted by atomic mass is 10.1. The number of benzene rings is 1. The summed E-state index contributed by atoms with van der Waals surface area (Å²) in [5, 5.41) is 17.1. The van der Waals surface area contributed by atoms with Gasteiger partial charge in [-0.1, -0.05) is 29.0 Å². The lowest BCUT2D eigenvalue weighted by Crippen LogP contribution is -2.40. The minimum Gasteiger partial charge on any atom is -0.480 e. The van der Waals surface area contributed by atoms with Crippen molar-refractivity contribution in [3.8, 4) is 0 Å². The van der Waals surface area contributed by atoms with E-state index in [1.54, 1.807) is 16.8 Å². The number of amides is 2. The summed E-state index contributed by atoms with van der Waals surface area (Å²) in [5.74, 6) is -1.74. The molecule has 2 amide bonds. The van der Waals surface area contributed by atoms with E-state index in [1.165, 1.54) is 4.90 Å². The molecule has 1 fully saturated rings. The summed E-state index contributed by atoms with van der Waals surface area (Å²) in [5.41, 5.74) is 1.73. The molecule has 1 saturated heterocycles. The number of rotatable bonds is 4. The van der Waals surface area contributed by atoms with Crippen LogP contribution in [0.25, 0.3) is 10.3 Å². The number of aromatic nitrogens is 3. The fraction of sp³-hybridized carbons (Fsp3) is 0.409. The van der Waals surface area contributed by atoms with E-state index in [4.69, 9.17) is 0 Å². The van der Waals surface area contributed by atoms with E-state index in [0.717, 1.165) is 16.9 Å². The Morgan fingerprint density at radius 3 is 2.50 bits per heavy atom. The second kappa shape index (κ2) is 8.01. The molecule has 3 heterocycles. The Morgan fingerprint density at radius 1 is 1.19 bits per heavy atom. The number of anilines is 1. The number of thiazole rings is 1. The molecule has 9 nitrogen and oxygen atoms in total. The molecule has 0 radical (unpaired) electrons. The molecule has 0 spiro atoms. The normalized spacial score (nSPS) is 16.5. The van der Waals surface area contributed by atoms with Gasteiger partial charge >= 0.3 is 5.97 Å². The molecule has 32 heavy (non-hydrogen) atoms. The minimum absolute atomic E-state index is 0.163. The molecule has 4 rings (SSSR count). The molecule has 10 heteroatoms. The molecular formula is C22H25N5O4S. The predicted octanol–water partition coefficient (Wildman–Crippen LogP) is 3.50. The standard InChI is InChI=1S/C22H25N5O4S/c1-12-7-9-13(10-8-12)18(28)24-21-23-17-16(32-21)15(25-27(17)22(2,3)4)19(29)26-11-5-6-14(26)20(30)31/h7-10,14H,5-6,11H2,1-4H3,(H,30,31)(H,23,24,28)/t14-/m0/s1. The van der Waals surface area contributed by atoms with E-state index in [0.29, 0.717) is 40.4 Å². The third kappa shape index (κ3) is 3.97. The first-order chi connectivity index (χ1) is 15.1. The van der Waals surface area contributed by atoms with Gasteiger partial charge < -0.3 is 10.0 Å². The molecule has 1 aliphatic heterocycles. The second-order valence-corrected chi connectivity index (χ2v) is 9.92.